The van der Waals surface area contributed by atoms with Crippen molar-refractivity contribution in [3.8, 4) is 22.5 Å². The van der Waals surface area contributed by atoms with Gasteiger partial charge in [-0.15, -0.1) is 0 Å². The maximum Gasteiger partial charge on any atom is 0.287 e. The Hall–Kier alpha value is -2.88. The highest BCUT2D eigenvalue weighted by Crippen LogP contribution is 2.33. The lowest BCUT2D eigenvalue weighted by molar-refractivity contribution is 0.0914. The zero-order chi connectivity index (χ0) is 20.4. The highest BCUT2D eigenvalue weighted by Gasteiger charge is 2.24. The zero-order valence-electron chi connectivity index (χ0n) is 17.5. The normalized spacial score (nSPS) is 14.7. The number of rotatable bonds is 4. The number of hydrogen-bond acceptors (Lipinski definition) is 2. The van der Waals surface area contributed by atoms with Gasteiger partial charge in [-0.3, -0.25) is 4.79 Å². The Balaban J connectivity index is 0.00000256. The summed E-state index contributed by atoms with van der Waals surface area (Å²) in [7, 11) is 1.94. The molecule has 4 rings (SSSR count). The van der Waals surface area contributed by atoms with Crippen LogP contribution in [0, 0.1) is 13.8 Å². The molecule has 1 saturated carbocycles. The Morgan fingerprint density at radius 2 is 1.48 bits per heavy atom. The van der Waals surface area contributed by atoms with Crippen LogP contribution in [0.15, 0.2) is 48.5 Å². The molecule has 1 heterocycles. The van der Waals surface area contributed by atoms with Crippen LogP contribution in [0.1, 0.15) is 55.3 Å². The minimum absolute atomic E-state index is 0. The molecule has 1 aliphatic carbocycles. The second-order valence-corrected chi connectivity index (χ2v) is 8.23. The van der Waals surface area contributed by atoms with Crippen LogP contribution in [0.25, 0.3) is 22.5 Å². The molecule has 0 bridgehead atoms. The molecule has 0 atom stereocenters. The van der Waals surface area contributed by atoms with Gasteiger partial charge in [0.1, 0.15) is 0 Å². The van der Waals surface area contributed by atoms with E-state index in [-0.39, 0.29) is 13.4 Å². The second-order valence-electron chi connectivity index (χ2n) is 8.23. The average molecular weight is 390 g/mol. The van der Waals surface area contributed by atoms with Gasteiger partial charge >= 0.3 is 0 Å². The quantitative estimate of drug-likeness (QED) is 0.624. The number of aryl methyl sites for hydroxylation is 2. The summed E-state index contributed by atoms with van der Waals surface area (Å²) in [5, 5.41) is 3.22. The molecule has 1 aliphatic rings. The third-order valence-corrected chi connectivity index (χ3v) is 5.89. The van der Waals surface area contributed by atoms with Gasteiger partial charge in [-0.1, -0.05) is 78.9 Å². The average Bonchev–Trinajstić information content (AvgIpc) is 3.07. The fourth-order valence-corrected chi connectivity index (χ4v) is 4.15. The van der Waals surface area contributed by atoms with Gasteiger partial charge < -0.3 is 9.88 Å². The molecule has 1 fully saturated rings. The number of nitrogens with zero attached hydrogens (tertiary/aromatic N) is 2. The van der Waals surface area contributed by atoms with Crippen LogP contribution in [0.2, 0.25) is 0 Å². The van der Waals surface area contributed by atoms with Crippen molar-refractivity contribution in [3.63, 3.8) is 0 Å². The molecule has 3 aromatic rings. The van der Waals surface area contributed by atoms with Crippen molar-refractivity contribution in [2.75, 3.05) is 0 Å². The Labute approximate surface area is 174 Å². The second kappa shape index (κ2) is 8.24. The van der Waals surface area contributed by atoms with Crippen molar-refractivity contribution < 1.29 is 6.22 Å². The standard InChI is InChI=1S/C25H29N3O.H2/c1-17-9-13-19(14-10-17)22-23(20-15-11-18(2)12-16-20)28(3)24(27-22)25(29)26-21-7-5-4-6-8-21;/h9-16,21H,4-8H2,1-3H3,(H,26,29);1H. The zero-order valence-corrected chi connectivity index (χ0v) is 17.5. The van der Waals surface area contributed by atoms with E-state index in [4.69, 9.17) is 4.98 Å². The van der Waals surface area contributed by atoms with E-state index in [1.54, 1.807) is 0 Å². The van der Waals surface area contributed by atoms with E-state index >= 15 is 0 Å². The summed E-state index contributed by atoms with van der Waals surface area (Å²) >= 11 is 0. The van der Waals surface area contributed by atoms with Crippen molar-refractivity contribution in [2.45, 2.75) is 52.0 Å². The number of amides is 1. The lowest BCUT2D eigenvalue weighted by Crippen LogP contribution is -2.37. The number of carbonyl (C=O) groups is 1. The maximum atomic E-state index is 13.1. The van der Waals surface area contributed by atoms with E-state index in [1.165, 1.54) is 30.4 Å². The van der Waals surface area contributed by atoms with Crippen LogP contribution in [-0.2, 0) is 7.05 Å². The fraction of sp³-hybridized carbons (Fsp3) is 0.360. The molecular formula is C25H31N3O. The third-order valence-electron chi connectivity index (χ3n) is 5.89. The van der Waals surface area contributed by atoms with E-state index in [2.05, 4.69) is 67.7 Å². The predicted octanol–water partition coefficient (Wildman–Crippen LogP) is 5.68. The Morgan fingerprint density at radius 1 is 0.931 bits per heavy atom. The highest BCUT2D eigenvalue weighted by molar-refractivity contribution is 5.94. The van der Waals surface area contributed by atoms with Gasteiger partial charge in [-0.05, 0) is 26.7 Å². The summed E-state index contributed by atoms with van der Waals surface area (Å²) in [4.78, 5) is 17.9. The molecule has 0 radical (unpaired) electrons. The van der Waals surface area contributed by atoms with Crippen LogP contribution in [0.4, 0.5) is 0 Å². The summed E-state index contributed by atoms with van der Waals surface area (Å²) in [6.45, 7) is 4.16. The van der Waals surface area contributed by atoms with Gasteiger partial charge in [0, 0.05) is 25.6 Å². The first-order chi connectivity index (χ1) is 14.0. The van der Waals surface area contributed by atoms with Gasteiger partial charge in [0.15, 0.2) is 5.82 Å². The molecule has 0 aliphatic heterocycles. The fourth-order valence-electron chi connectivity index (χ4n) is 4.15. The molecule has 0 unspecified atom stereocenters. The minimum Gasteiger partial charge on any atom is -0.347 e. The van der Waals surface area contributed by atoms with Gasteiger partial charge in [-0.2, -0.15) is 0 Å². The smallest absolute Gasteiger partial charge is 0.287 e. The third kappa shape index (κ3) is 4.12. The maximum absolute atomic E-state index is 13.1. The molecule has 0 spiro atoms. The number of hydrogen-bond donors (Lipinski definition) is 1. The van der Waals surface area contributed by atoms with Gasteiger partial charge in [0.25, 0.3) is 5.91 Å². The van der Waals surface area contributed by atoms with Gasteiger partial charge in [0.05, 0.1) is 11.4 Å². The van der Waals surface area contributed by atoms with Crippen molar-refractivity contribution in [1.29, 1.82) is 0 Å². The van der Waals surface area contributed by atoms with Crippen molar-refractivity contribution in [2.24, 2.45) is 7.05 Å². The summed E-state index contributed by atoms with van der Waals surface area (Å²) in [6.07, 6.45) is 5.77. The van der Waals surface area contributed by atoms with E-state index < -0.39 is 0 Å². The highest BCUT2D eigenvalue weighted by atomic mass is 16.2. The molecule has 4 heteroatoms. The van der Waals surface area contributed by atoms with E-state index in [9.17, 15) is 4.79 Å². The van der Waals surface area contributed by atoms with Crippen LogP contribution in [-0.4, -0.2) is 21.5 Å². The first-order valence-electron chi connectivity index (χ1n) is 10.5. The van der Waals surface area contributed by atoms with Crippen LogP contribution < -0.4 is 5.32 Å². The monoisotopic (exact) mass is 389 g/mol. The summed E-state index contributed by atoms with van der Waals surface area (Å²) in [5.74, 6) is 0.396. The Morgan fingerprint density at radius 3 is 2.07 bits per heavy atom. The molecule has 0 saturated heterocycles. The Kier molecular flexibility index (Phi) is 5.52. The molecule has 4 nitrogen and oxygen atoms in total. The summed E-state index contributed by atoms with van der Waals surface area (Å²) in [5.41, 5.74) is 6.34. The summed E-state index contributed by atoms with van der Waals surface area (Å²) < 4.78 is 1.94. The lowest BCUT2D eigenvalue weighted by atomic mass is 9.95. The minimum atomic E-state index is -0.0777. The lowest BCUT2D eigenvalue weighted by Gasteiger charge is -2.22. The van der Waals surface area contributed by atoms with Crippen LogP contribution in [0.3, 0.4) is 0 Å². The van der Waals surface area contributed by atoms with Gasteiger partial charge in [0.2, 0.25) is 0 Å². The number of benzene rings is 2. The Bertz CT molecular complexity index is 1000. The molecule has 1 N–H and O–H groups in total. The van der Waals surface area contributed by atoms with Crippen molar-refractivity contribution in [1.82, 2.24) is 14.9 Å². The molecular weight excluding hydrogens is 358 g/mol. The van der Waals surface area contributed by atoms with Crippen LogP contribution in [0.5, 0.6) is 0 Å². The van der Waals surface area contributed by atoms with E-state index in [0.717, 1.165) is 35.4 Å². The SMILES string of the molecule is Cc1ccc(-c2nc(C(=O)NC3CCCCC3)n(C)c2-c2ccc(C)cc2)cc1.[HH]. The number of carbonyl (C=O) groups excluding carboxylic acids is 1. The molecule has 1 aromatic heterocycles. The predicted molar refractivity (Wildman–Crippen MR) is 120 cm³/mol. The van der Waals surface area contributed by atoms with Crippen molar-refractivity contribution >= 4 is 5.91 Å². The van der Waals surface area contributed by atoms with Gasteiger partial charge in [-0.25, -0.2) is 4.98 Å². The number of aromatic nitrogens is 2. The molecule has 1 amide bonds. The molecule has 152 valence electrons. The molecule has 29 heavy (non-hydrogen) atoms. The van der Waals surface area contributed by atoms with Crippen LogP contribution >= 0.6 is 0 Å². The first-order valence-corrected chi connectivity index (χ1v) is 10.5. The van der Waals surface area contributed by atoms with E-state index in [0.29, 0.717) is 5.82 Å². The molecule has 2 aromatic carbocycles. The topological polar surface area (TPSA) is 46.9 Å². The summed E-state index contributed by atoms with van der Waals surface area (Å²) in [6, 6.07) is 17.0. The number of nitrogens with one attached hydrogen (secondary N) is 1. The number of imidazole rings is 1. The van der Waals surface area contributed by atoms with Crippen molar-refractivity contribution in [3.05, 3.63) is 65.5 Å². The first kappa shape index (κ1) is 19.4. The largest absolute Gasteiger partial charge is 0.347 e. The van der Waals surface area contributed by atoms with E-state index in [1.807, 2.05) is 11.6 Å².